The molecule has 0 unspecified atom stereocenters. The van der Waals surface area contributed by atoms with Crippen molar-refractivity contribution >= 4 is 29.5 Å². The van der Waals surface area contributed by atoms with Crippen LogP contribution in [0.1, 0.15) is 49.7 Å². The molecule has 0 spiro atoms. The molecule has 44 heavy (non-hydrogen) atoms. The summed E-state index contributed by atoms with van der Waals surface area (Å²) in [5.74, 6) is 1.32. The monoisotopic (exact) mass is 590 g/mol. The number of nitrogens with one attached hydrogen (secondary N) is 2. The van der Waals surface area contributed by atoms with Crippen LogP contribution in [0.3, 0.4) is 0 Å². The van der Waals surface area contributed by atoms with Crippen LogP contribution in [0.4, 0.5) is 22.4 Å². The molecule has 4 heterocycles. The van der Waals surface area contributed by atoms with Gasteiger partial charge in [-0.25, -0.2) is 14.8 Å². The normalized spacial score (nSPS) is 18.1. The van der Waals surface area contributed by atoms with Gasteiger partial charge in [0, 0.05) is 62.2 Å². The van der Waals surface area contributed by atoms with Crippen LogP contribution in [-0.4, -0.2) is 55.3 Å². The molecule has 0 atom stereocenters. The minimum Gasteiger partial charge on any atom is -0.351 e. The lowest BCUT2D eigenvalue weighted by atomic mass is 9.90. The number of hydrogen-bond acceptors (Lipinski definition) is 8. The highest BCUT2D eigenvalue weighted by Gasteiger charge is 2.32. The number of pyridine rings is 1. The van der Waals surface area contributed by atoms with Gasteiger partial charge in [0.2, 0.25) is 11.9 Å². The van der Waals surface area contributed by atoms with Crippen molar-refractivity contribution in [2.24, 2.45) is 7.05 Å². The van der Waals surface area contributed by atoms with Crippen molar-refractivity contribution in [1.82, 2.24) is 30.0 Å². The van der Waals surface area contributed by atoms with Gasteiger partial charge in [-0.3, -0.25) is 19.3 Å². The largest absolute Gasteiger partial charge is 0.351 e. The molecule has 2 N–H and O–H groups in total. The third-order valence-corrected chi connectivity index (χ3v) is 8.15. The number of nitrogens with zero attached hydrogens (tertiary/aromatic N) is 8. The Hall–Kier alpha value is -5.31. The number of carbonyl (C=O) groups excluding carboxylic acids is 2. The standard InChI is InChI=1S/C32H34N10O2/c1-40-21-25(20-37-40)23-9-14-28(34-18-23)42(32(44)36-17-22-6-3-2-4-7-22)27-12-10-26(11-13-27)38-31-35-19-24(16-33)30(39-31)41-15-5-8-29(41)43/h2-4,6-7,9,14,18-21,26-27H,5,8,10-13,15,17H2,1H3,(H,36,44)(H,35,38,39). The Morgan fingerprint density at radius 1 is 1.05 bits per heavy atom. The Morgan fingerprint density at radius 2 is 1.86 bits per heavy atom. The molecule has 3 amide bonds. The number of nitriles is 1. The number of benzene rings is 1. The second kappa shape index (κ2) is 12.9. The fraction of sp³-hybridized carbons (Fsp3) is 0.344. The fourth-order valence-corrected chi connectivity index (χ4v) is 5.85. The maximum absolute atomic E-state index is 13.7. The first-order valence-corrected chi connectivity index (χ1v) is 14.9. The summed E-state index contributed by atoms with van der Waals surface area (Å²) in [4.78, 5) is 42.9. The lowest BCUT2D eigenvalue weighted by Gasteiger charge is -2.36. The minimum atomic E-state index is -0.192. The lowest BCUT2D eigenvalue weighted by molar-refractivity contribution is -0.117. The molecule has 1 saturated carbocycles. The van der Waals surface area contributed by atoms with Crippen LogP contribution in [0.25, 0.3) is 11.1 Å². The van der Waals surface area contributed by atoms with Crippen molar-refractivity contribution in [1.29, 1.82) is 5.26 Å². The van der Waals surface area contributed by atoms with Crippen molar-refractivity contribution in [2.45, 2.75) is 57.2 Å². The summed E-state index contributed by atoms with van der Waals surface area (Å²) in [5.41, 5.74) is 3.19. The van der Waals surface area contributed by atoms with E-state index in [0.29, 0.717) is 37.1 Å². The minimum absolute atomic E-state index is 0.0284. The van der Waals surface area contributed by atoms with E-state index < -0.39 is 0 Å². The number of anilines is 3. The molecule has 0 radical (unpaired) electrons. The third-order valence-electron chi connectivity index (χ3n) is 8.15. The summed E-state index contributed by atoms with van der Waals surface area (Å²) in [6.07, 6.45) is 11.2. The van der Waals surface area contributed by atoms with E-state index in [9.17, 15) is 14.9 Å². The van der Waals surface area contributed by atoms with E-state index in [4.69, 9.17) is 4.98 Å². The molecule has 224 valence electrons. The van der Waals surface area contributed by atoms with Crippen molar-refractivity contribution in [3.8, 4) is 17.2 Å². The van der Waals surface area contributed by atoms with Crippen LogP contribution < -0.4 is 20.4 Å². The molecule has 12 heteroatoms. The van der Waals surface area contributed by atoms with E-state index in [2.05, 4.69) is 31.8 Å². The molecule has 6 rings (SSSR count). The van der Waals surface area contributed by atoms with Crippen LogP contribution >= 0.6 is 0 Å². The molecule has 4 aromatic rings. The van der Waals surface area contributed by atoms with Crippen LogP contribution in [0.15, 0.2) is 67.3 Å². The molecule has 12 nitrogen and oxygen atoms in total. The third kappa shape index (κ3) is 6.36. The number of hydrogen-bond donors (Lipinski definition) is 2. The van der Waals surface area contributed by atoms with Gasteiger partial charge >= 0.3 is 6.03 Å². The van der Waals surface area contributed by atoms with Crippen molar-refractivity contribution in [3.63, 3.8) is 0 Å². The van der Waals surface area contributed by atoms with E-state index in [1.165, 1.54) is 6.20 Å². The van der Waals surface area contributed by atoms with Gasteiger partial charge in [-0.15, -0.1) is 0 Å². The topological polar surface area (TPSA) is 145 Å². The zero-order valence-corrected chi connectivity index (χ0v) is 24.6. The molecular weight excluding hydrogens is 556 g/mol. The van der Waals surface area contributed by atoms with Gasteiger partial charge in [-0.05, 0) is 49.8 Å². The number of aromatic nitrogens is 5. The molecule has 0 bridgehead atoms. The second-order valence-electron chi connectivity index (χ2n) is 11.2. The lowest BCUT2D eigenvalue weighted by Crippen LogP contribution is -2.49. The van der Waals surface area contributed by atoms with Crippen molar-refractivity contribution < 1.29 is 9.59 Å². The summed E-state index contributed by atoms with van der Waals surface area (Å²) in [7, 11) is 1.87. The van der Waals surface area contributed by atoms with Gasteiger partial charge in [0.25, 0.3) is 0 Å². The molecule has 2 fully saturated rings. The first-order valence-electron chi connectivity index (χ1n) is 14.9. The fourth-order valence-electron chi connectivity index (χ4n) is 5.85. The second-order valence-corrected chi connectivity index (χ2v) is 11.2. The first-order chi connectivity index (χ1) is 21.5. The maximum Gasteiger partial charge on any atom is 0.323 e. The maximum atomic E-state index is 13.7. The SMILES string of the molecule is Cn1cc(-c2ccc(N(C(=O)NCc3ccccc3)C3CCC(Nc4ncc(C#N)c(N5CCCC5=O)n4)CC3)nc2)cn1. The Kier molecular flexibility index (Phi) is 8.45. The Bertz CT molecular complexity index is 1660. The highest BCUT2D eigenvalue weighted by molar-refractivity contribution is 5.95. The van der Waals surface area contributed by atoms with Crippen LogP contribution in [-0.2, 0) is 18.4 Å². The number of urea groups is 1. The molecular formula is C32H34N10O2. The van der Waals surface area contributed by atoms with Crippen LogP contribution in [0.5, 0.6) is 0 Å². The average Bonchev–Trinajstić information content (AvgIpc) is 3.69. The molecule has 1 aromatic carbocycles. The predicted octanol–water partition coefficient (Wildman–Crippen LogP) is 4.41. The zero-order chi connectivity index (χ0) is 30.5. The first kappa shape index (κ1) is 28.8. The van der Waals surface area contributed by atoms with E-state index in [-0.39, 0.29) is 29.6 Å². The van der Waals surface area contributed by atoms with Gasteiger partial charge in [-0.2, -0.15) is 15.3 Å². The van der Waals surface area contributed by atoms with Crippen molar-refractivity contribution in [3.05, 3.63) is 78.4 Å². The number of aryl methyl sites for hydroxylation is 1. The summed E-state index contributed by atoms with van der Waals surface area (Å²) >= 11 is 0. The average molecular weight is 591 g/mol. The van der Waals surface area contributed by atoms with E-state index in [0.717, 1.165) is 48.8 Å². The van der Waals surface area contributed by atoms with Gasteiger partial charge in [-0.1, -0.05) is 30.3 Å². The number of amides is 3. The van der Waals surface area contributed by atoms with E-state index >= 15 is 0 Å². The predicted molar refractivity (Wildman–Crippen MR) is 166 cm³/mol. The summed E-state index contributed by atoms with van der Waals surface area (Å²) < 4.78 is 1.74. The van der Waals surface area contributed by atoms with E-state index in [1.807, 2.05) is 55.7 Å². The molecule has 1 aliphatic heterocycles. The summed E-state index contributed by atoms with van der Waals surface area (Å²) in [5, 5.41) is 20.3. The van der Waals surface area contributed by atoms with Crippen LogP contribution in [0.2, 0.25) is 0 Å². The van der Waals surface area contributed by atoms with Gasteiger partial charge in [0.05, 0.1) is 12.4 Å². The highest BCUT2D eigenvalue weighted by atomic mass is 16.2. The van der Waals surface area contributed by atoms with Gasteiger partial charge in [0.15, 0.2) is 5.82 Å². The Labute approximate surface area is 255 Å². The van der Waals surface area contributed by atoms with E-state index in [1.54, 1.807) is 26.9 Å². The Balaban J connectivity index is 1.16. The smallest absolute Gasteiger partial charge is 0.323 e. The highest BCUT2D eigenvalue weighted by Crippen LogP contribution is 2.30. The van der Waals surface area contributed by atoms with Gasteiger partial charge < -0.3 is 10.6 Å². The van der Waals surface area contributed by atoms with Crippen molar-refractivity contribution in [2.75, 3.05) is 21.7 Å². The molecule has 1 aliphatic carbocycles. The summed E-state index contributed by atoms with van der Waals surface area (Å²) in [6.45, 7) is 0.966. The van der Waals surface area contributed by atoms with Gasteiger partial charge in [0.1, 0.15) is 17.5 Å². The number of rotatable bonds is 8. The summed E-state index contributed by atoms with van der Waals surface area (Å²) in [6, 6.07) is 15.6. The number of carbonyl (C=O) groups is 2. The Morgan fingerprint density at radius 3 is 2.52 bits per heavy atom. The van der Waals surface area contributed by atoms with Crippen LogP contribution in [0, 0.1) is 11.3 Å². The zero-order valence-electron chi connectivity index (χ0n) is 24.6. The molecule has 2 aliphatic rings. The quantitative estimate of drug-likeness (QED) is 0.307. The molecule has 1 saturated heterocycles. The molecule has 3 aromatic heterocycles.